The van der Waals surface area contributed by atoms with Crippen molar-refractivity contribution < 1.29 is 4.79 Å². The molecule has 0 atom stereocenters. The smallest absolute Gasteiger partial charge is 0.331 e. The summed E-state index contributed by atoms with van der Waals surface area (Å²) in [5.41, 5.74) is 1.47. The van der Waals surface area contributed by atoms with Crippen molar-refractivity contribution in [2.24, 2.45) is 4.99 Å². The number of carbonyl (C=O) groups excluding carboxylic acids is 1. The van der Waals surface area contributed by atoms with E-state index in [1.54, 1.807) is 22.1 Å². The number of hydrogen-bond donors (Lipinski definition) is 0. The molecule has 1 aromatic rings. The Morgan fingerprint density at radius 3 is 2.77 bits per heavy atom. The predicted molar refractivity (Wildman–Crippen MR) is 98.9 cm³/mol. The van der Waals surface area contributed by atoms with E-state index in [0.717, 1.165) is 37.3 Å². The highest BCUT2D eigenvalue weighted by Crippen LogP contribution is 2.27. The summed E-state index contributed by atoms with van der Waals surface area (Å²) in [6.07, 6.45) is 9.12. The van der Waals surface area contributed by atoms with Gasteiger partial charge in [0.05, 0.1) is 18.2 Å². The normalized spacial score (nSPS) is 19.7. The molecular formula is C20H21N5O. The summed E-state index contributed by atoms with van der Waals surface area (Å²) in [7, 11) is 0. The van der Waals surface area contributed by atoms with Crippen LogP contribution in [0, 0.1) is 11.3 Å². The van der Waals surface area contributed by atoms with Gasteiger partial charge >= 0.3 is 6.03 Å². The van der Waals surface area contributed by atoms with Gasteiger partial charge in [0.15, 0.2) is 0 Å². The number of amidine groups is 1. The molecule has 4 rings (SSSR count). The first kappa shape index (κ1) is 16.4. The number of rotatable bonds is 3. The standard InChI is InChI=1S/C20H21N5O/c21-14-16-7-2-3-8-17(16)15-25-19(23-10-4-1-5-11-23)13-18-22-9-6-12-24(18)20(25)26/h2-3,6-9,13H,1,4-5,10-12,15H2. The third-order valence-corrected chi connectivity index (χ3v) is 5.02. The first-order valence-electron chi connectivity index (χ1n) is 9.04. The quantitative estimate of drug-likeness (QED) is 0.844. The largest absolute Gasteiger partial charge is 0.358 e. The van der Waals surface area contributed by atoms with E-state index in [1.807, 2.05) is 30.4 Å². The molecule has 6 heteroatoms. The zero-order chi connectivity index (χ0) is 17.9. The lowest BCUT2D eigenvalue weighted by Gasteiger charge is -2.42. The number of hydrogen-bond acceptors (Lipinski definition) is 4. The lowest BCUT2D eigenvalue weighted by molar-refractivity contribution is 0.151. The second-order valence-corrected chi connectivity index (χ2v) is 6.67. The topological polar surface area (TPSA) is 62.9 Å². The fourth-order valence-electron chi connectivity index (χ4n) is 3.64. The Morgan fingerprint density at radius 2 is 1.96 bits per heavy atom. The van der Waals surface area contributed by atoms with Crippen LogP contribution in [0.5, 0.6) is 0 Å². The highest BCUT2D eigenvalue weighted by molar-refractivity contribution is 6.07. The molecule has 1 aromatic carbocycles. The molecule has 0 radical (unpaired) electrons. The summed E-state index contributed by atoms with van der Waals surface area (Å²) in [5, 5.41) is 9.40. The van der Waals surface area contributed by atoms with Gasteiger partial charge in [-0.2, -0.15) is 5.26 Å². The average Bonchev–Trinajstić information content (AvgIpc) is 2.71. The average molecular weight is 347 g/mol. The molecule has 0 bridgehead atoms. The second kappa shape index (κ2) is 7.04. The summed E-state index contributed by atoms with van der Waals surface area (Å²) in [6, 6.07) is 9.62. The maximum atomic E-state index is 13.2. The molecular weight excluding hydrogens is 326 g/mol. The van der Waals surface area contributed by atoms with Gasteiger partial charge in [0.25, 0.3) is 0 Å². The Kier molecular flexibility index (Phi) is 4.44. The minimum absolute atomic E-state index is 0.0797. The van der Waals surface area contributed by atoms with E-state index >= 15 is 0 Å². The number of likely N-dealkylation sites (tertiary alicyclic amines) is 1. The third kappa shape index (κ3) is 2.97. The maximum Gasteiger partial charge on any atom is 0.331 e. The summed E-state index contributed by atoms with van der Waals surface area (Å²) >= 11 is 0. The number of nitriles is 1. The van der Waals surface area contributed by atoms with E-state index in [9.17, 15) is 10.1 Å². The number of piperidine rings is 1. The van der Waals surface area contributed by atoms with E-state index in [1.165, 1.54) is 6.42 Å². The molecule has 1 saturated heterocycles. The van der Waals surface area contributed by atoms with E-state index in [-0.39, 0.29) is 6.03 Å². The van der Waals surface area contributed by atoms with Crippen molar-refractivity contribution in [2.45, 2.75) is 25.8 Å². The van der Waals surface area contributed by atoms with Crippen LogP contribution in [-0.4, -0.2) is 46.2 Å². The van der Waals surface area contributed by atoms with Gasteiger partial charge in [0.2, 0.25) is 0 Å². The Morgan fingerprint density at radius 1 is 1.15 bits per heavy atom. The zero-order valence-corrected chi connectivity index (χ0v) is 14.6. The number of benzene rings is 1. The fourth-order valence-corrected chi connectivity index (χ4v) is 3.64. The minimum Gasteiger partial charge on any atom is -0.358 e. The molecule has 6 nitrogen and oxygen atoms in total. The fraction of sp³-hybridized carbons (Fsp3) is 0.350. The van der Waals surface area contributed by atoms with Crippen molar-refractivity contribution in [3.63, 3.8) is 0 Å². The predicted octanol–water partition coefficient (Wildman–Crippen LogP) is 3.05. The molecule has 0 N–H and O–H groups in total. The molecule has 0 aliphatic carbocycles. The van der Waals surface area contributed by atoms with Gasteiger partial charge in [0, 0.05) is 31.9 Å². The molecule has 3 aliphatic heterocycles. The van der Waals surface area contributed by atoms with Crippen LogP contribution >= 0.6 is 0 Å². The molecule has 1 fully saturated rings. The van der Waals surface area contributed by atoms with E-state index in [2.05, 4.69) is 16.0 Å². The SMILES string of the molecule is N#Cc1ccccc1CN1C(=O)N2CC=CN=C2C=C1N1CCCCC1. The lowest BCUT2D eigenvalue weighted by Crippen LogP contribution is -2.53. The number of amides is 2. The summed E-state index contributed by atoms with van der Waals surface area (Å²) in [6.45, 7) is 2.80. The van der Waals surface area contributed by atoms with Crippen molar-refractivity contribution in [1.29, 1.82) is 5.26 Å². The van der Waals surface area contributed by atoms with Crippen LogP contribution in [0.4, 0.5) is 4.79 Å². The second-order valence-electron chi connectivity index (χ2n) is 6.67. The Balaban J connectivity index is 1.72. The highest BCUT2D eigenvalue weighted by Gasteiger charge is 2.35. The molecule has 3 heterocycles. The molecule has 0 saturated carbocycles. The van der Waals surface area contributed by atoms with E-state index in [0.29, 0.717) is 24.5 Å². The van der Waals surface area contributed by atoms with Crippen LogP contribution < -0.4 is 0 Å². The number of nitrogens with zero attached hydrogens (tertiary/aromatic N) is 5. The van der Waals surface area contributed by atoms with Crippen molar-refractivity contribution in [2.75, 3.05) is 19.6 Å². The number of urea groups is 1. The number of aliphatic imine (C=N–C) groups is 1. The van der Waals surface area contributed by atoms with Crippen LogP contribution in [0.15, 0.2) is 53.4 Å². The van der Waals surface area contributed by atoms with Gasteiger partial charge in [0.1, 0.15) is 11.7 Å². The van der Waals surface area contributed by atoms with E-state index in [4.69, 9.17) is 0 Å². The van der Waals surface area contributed by atoms with Crippen molar-refractivity contribution in [3.8, 4) is 6.07 Å². The molecule has 0 spiro atoms. The van der Waals surface area contributed by atoms with Gasteiger partial charge in [-0.05, 0) is 37.0 Å². The van der Waals surface area contributed by atoms with Crippen LogP contribution in [0.25, 0.3) is 0 Å². The molecule has 3 aliphatic rings. The summed E-state index contributed by atoms with van der Waals surface area (Å²) in [5.74, 6) is 1.59. The van der Waals surface area contributed by atoms with Gasteiger partial charge in [-0.3, -0.25) is 9.80 Å². The Bertz CT molecular complexity index is 842. The van der Waals surface area contributed by atoms with Crippen LogP contribution in [-0.2, 0) is 6.54 Å². The van der Waals surface area contributed by atoms with Crippen molar-refractivity contribution >= 4 is 11.9 Å². The first-order valence-corrected chi connectivity index (χ1v) is 9.04. The van der Waals surface area contributed by atoms with Crippen LogP contribution in [0.1, 0.15) is 30.4 Å². The monoisotopic (exact) mass is 347 g/mol. The molecule has 132 valence electrons. The summed E-state index contributed by atoms with van der Waals surface area (Å²) < 4.78 is 0. The van der Waals surface area contributed by atoms with Gasteiger partial charge in [-0.15, -0.1) is 0 Å². The van der Waals surface area contributed by atoms with Crippen molar-refractivity contribution in [1.82, 2.24) is 14.7 Å². The maximum absolute atomic E-state index is 13.2. The first-order chi connectivity index (χ1) is 12.8. The van der Waals surface area contributed by atoms with E-state index < -0.39 is 0 Å². The lowest BCUT2D eigenvalue weighted by atomic mass is 10.1. The molecule has 0 unspecified atom stereocenters. The van der Waals surface area contributed by atoms with Gasteiger partial charge < -0.3 is 4.90 Å². The Hall–Kier alpha value is -3.07. The Labute approximate surface area is 153 Å². The number of carbonyl (C=O) groups is 1. The van der Waals surface area contributed by atoms with Crippen molar-refractivity contribution in [3.05, 3.63) is 59.6 Å². The zero-order valence-electron chi connectivity index (χ0n) is 14.6. The summed E-state index contributed by atoms with van der Waals surface area (Å²) in [4.78, 5) is 23.3. The van der Waals surface area contributed by atoms with Gasteiger partial charge in [-0.25, -0.2) is 9.79 Å². The third-order valence-electron chi connectivity index (χ3n) is 5.02. The van der Waals surface area contributed by atoms with Crippen LogP contribution in [0.3, 0.4) is 0 Å². The highest BCUT2D eigenvalue weighted by atomic mass is 16.2. The molecule has 2 amide bonds. The molecule has 0 aromatic heterocycles. The number of fused-ring (bicyclic) bond motifs is 1. The minimum atomic E-state index is -0.0797. The van der Waals surface area contributed by atoms with Gasteiger partial charge in [-0.1, -0.05) is 18.2 Å². The molecule has 26 heavy (non-hydrogen) atoms. The van der Waals surface area contributed by atoms with Crippen LogP contribution in [0.2, 0.25) is 0 Å².